The van der Waals surface area contributed by atoms with Gasteiger partial charge in [0.15, 0.2) is 11.3 Å². The molecule has 120 valence electrons. The first kappa shape index (κ1) is 14.5. The molecule has 0 saturated heterocycles. The molecule has 0 aliphatic rings. The number of nitrogens with zero attached hydrogens (tertiary/aromatic N) is 6. The summed E-state index contributed by atoms with van der Waals surface area (Å²) in [6.07, 6.45) is 2.45. The minimum absolute atomic E-state index is 0.218. The molecule has 0 aliphatic carbocycles. The molecule has 0 aliphatic heterocycles. The van der Waals surface area contributed by atoms with Crippen molar-refractivity contribution in [3.63, 3.8) is 0 Å². The topological polar surface area (TPSA) is 78.0 Å². The Morgan fingerprint density at radius 1 is 1.12 bits per heavy atom. The Balaban J connectivity index is 2.03. The summed E-state index contributed by atoms with van der Waals surface area (Å²) in [5.41, 5.74) is 3.62. The summed E-state index contributed by atoms with van der Waals surface area (Å²) < 4.78 is 3.18. The van der Waals surface area contributed by atoms with Crippen molar-refractivity contribution in [2.45, 2.75) is 27.2 Å². The first-order valence-corrected chi connectivity index (χ1v) is 7.80. The molecule has 7 nitrogen and oxygen atoms in total. The number of benzene rings is 1. The highest BCUT2D eigenvalue weighted by Gasteiger charge is 2.13. The molecule has 0 bridgehead atoms. The third-order valence-corrected chi connectivity index (χ3v) is 4.09. The first-order valence-electron chi connectivity index (χ1n) is 7.80. The molecule has 24 heavy (non-hydrogen) atoms. The quantitative estimate of drug-likeness (QED) is 0.564. The van der Waals surface area contributed by atoms with E-state index < -0.39 is 0 Å². The van der Waals surface area contributed by atoms with Crippen LogP contribution < -0.4 is 5.56 Å². The van der Waals surface area contributed by atoms with Crippen LogP contribution in [0.2, 0.25) is 0 Å². The molecule has 0 N–H and O–H groups in total. The maximum absolute atomic E-state index is 12.9. The van der Waals surface area contributed by atoms with Crippen molar-refractivity contribution in [1.29, 1.82) is 0 Å². The highest BCUT2D eigenvalue weighted by molar-refractivity contribution is 5.74. The maximum Gasteiger partial charge on any atom is 0.285 e. The van der Waals surface area contributed by atoms with E-state index in [1.54, 1.807) is 15.3 Å². The highest BCUT2D eigenvalue weighted by atomic mass is 16.1. The summed E-state index contributed by atoms with van der Waals surface area (Å²) in [6.45, 7) is 5.95. The Hall–Kier alpha value is -3.09. The van der Waals surface area contributed by atoms with Gasteiger partial charge in [-0.05, 0) is 37.1 Å². The van der Waals surface area contributed by atoms with Gasteiger partial charge < -0.3 is 0 Å². The van der Waals surface area contributed by atoms with Gasteiger partial charge in [0.2, 0.25) is 0 Å². The van der Waals surface area contributed by atoms with Crippen LogP contribution >= 0.6 is 0 Å². The Labute approximate surface area is 137 Å². The average Bonchev–Trinajstić information content (AvgIpc) is 3.01. The lowest BCUT2D eigenvalue weighted by atomic mass is 10.1. The van der Waals surface area contributed by atoms with Gasteiger partial charge in [0.25, 0.3) is 11.3 Å². The standard InChI is InChI=1S/C17H16N6O/c1-4-14-18-17-20-19-15-12(23(17)21-14)7-8-22(16(15)24)13-9-10(2)5-6-11(13)3/h5-9H,4H2,1-3H3. The van der Waals surface area contributed by atoms with E-state index in [9.17, 15) is 4.79 Å². The third kappa shape index (κ3) is 2.09. The number of hydrogen-bond donors (Lipinski definition) is 0. The maximum atomic E-state index is 12.9. The Morgan fingerprint density at radius 2 is 1.96 bits per heavy atom. The van der Waals surface area contributed by atoms with E-state index in [1.165, 1.54) is 0 Å². The lowest BCUT2D eigenvalue weighted by Gasteiger charge is -2.10. The second kappa shape index (κ2) is 5.23. The van der Waals surface area contributed by atoms with E-state index in [1.807, 2.05) is 45.0 Å². The molecule has 1 aromatic carbocycles. The number of hydrogen-bond acceptors (Lipinski definition) is 5. The van der Waals surface area contributed by atoms with E-state index in [2.05, 4.69) is 20.3 Å². The van der Waals surface area contributed by atoms with Crippen molar-refractivity contribution in [1.82, 2.24) is 29.4 Å². The molecule has 0 amide bonds. The molecule has 0 fully saturated rings. The predicted molar refractivity (Wildman–Crippen MR) is 90.5 cm³/mol. The van der Waals surface area contributed by atoms with Gasteiger partial charge in [-0.1, -0.05) is 19.1 Å². The predicted octanol–water partition coefficient (Wildman–Crippen LogP) is 2.00. The second-order valence-electron chi connectivity index (χ2n) is 5.81. The molecule has 0 atom stereocenters. The zero-order valence-corrected chi connectivity index (χ0v) is 13.7. The van der Waals surface area contributed by atoms with Gasteiger partial charge in [-0.3, -0.25) is 9.36 Å². The van der Waals surface area contributed by atoms with E-state index >= 15 is 0 Å². The molecule has 4 rings (SSSR count). The van der Waals surface area contributed by atoms with Gasteiger partial charge >= 0.3 is 0 Å². The molecule has 3 heterocycles. The molecule has 3 aromatic heterocycles. The van der Waals surface area contributed by atoms with E-state index in [0.29, 0.717) is 23.5 Å². The lowest BCUT2D eigenvalue weighted by Crippen LogP contribution is -2.21. The Bertz CT molecular complexity index is 1140. The first-order chi connectivity index (χ1) is 11.6. The van der Waals surface area contributed by atoms with E-state index in [4.69, 9.17) is 0 Å². The smallest absolute Gasteiger partial charge is 0.282 e. The van der Waals surface area contributed by atoms with Crippen molar-refractivity contribution < 1.29 is 0 Å². The molecule has 0 saturated carbocycles. The van der Waals surface area contributed by atoms with Crippen molar-refractivity contribution in [3.8, 4) is 5.69 Å². The van der Waals surface area contributed by atoms with Crippen LogP contribution in [0.1, 0.15) is 23.9 Å². The number of aromatic nitrogens is 6. The third-order valence-electron chi connectivity index (χ3n) is 4.09. The van der Waals surface area contributed by atoms with Crippen LogP contribution in [0.15, 0.2) is 35.3 Å². The van der Waals surface area contributed by atoms with Crippen molar-refractivity contribution in [2.24, 2.45) is 0 Å². The number of fused-ring (bicyclic) bond motifs is 3. The zero-order valence-electron chi connectivity index (χ0n) is 13.7. The van der Waals surface area contributed by atoms with E-state index in [0.717, 1.165) is 16.8 Å². The fourth-order valence-corrected chi connectivity index (χ4v) is 2.77. The summed E-state index contributed by atoms with van der Waals surface area (Å²) in [7, 11) is 0. The van der Waals surface area contributed by atoms with Crippen LogP contribution in [0.4, 0.5) is 0 Å². The van der Waals surface area contributed by atoms with E-state index in [-0.39, 0.29) is 11.1 Å². The minimum Gasteiger partial charge on any atom is -0.282 e. The lowest BCUT2D eigenvalue weighted by molar-refractivity contribution is 0.882. The highest BCUT2D eigenvalue weighted by Crippen LogP contribution is 2.16. The summed E-state index contributed by atoms with van der Waals surface area (Å²) >= 11 is 0. The largest absolute Gasteiger partial charge is 0.285 e. The van der Waals surface area contributed by atoms with Crippen LogP contribution in [-0.2, 0) is 6.42 Å². The van der Waals surface area contributed by atoms with Gasteiger partial charge in [0.05, 0.1) is 5.69 Å². The summed E-state index contributed by atoms with van der Waals surface area (Å²) in [6, 6.07) is 7.84. The number of rotatable bonds is 2. The summed E-state index contributed by atoms with van der Waals surface area (Å²) in [5.74, 6) is 1.08. The van der Waals surface area contributed by atoms with Crippen LogP contribution in [0, 0.1) is 13.8 Å². The fraction of sp³-hybridized carbons (Fsp3) is 0.235. The Morgan fingerprint density at radius 3 is 2.75 bits per heavy atom. The molecule has 4 aromatic rings. The summed E-state index contributed by atoms with van der Waals surface area (Å²) in [5, 5.41) is 12.5. The summed E-state index contributed by atoms with van der Waals surface area (Å²) in [4.78, 5) is 17.2. The van der Waals surface area contributed by atoms with Gasteiger partial charge in [-0.15, -0.1) is 15.3 Å². The minimum atomic E-state index is -0.218. The van der Waals surface area contributed by atoms with Crippen LogP contribution in [0.3, 0.4) is 0 Å². The van der Waals surface area contributed by atoms with Crippen LogP contribution in [0.5, 0.6) is 0 Å². The fourth-order valence-electron chi connectivity index (χ4n) is 2.77. The van der Waals surface area contributed by atoms with Crippen molar-refractivity contribution >= 4 is 16.8 Å². The monoisotopic (exact) mass is 320 g/mol. The Kier molecular flexibility index (Phi) is 3.16. The van der Waals surface area contributed by atoms with Gasteiger partial charge in [0.1, 0.15) is 5.52 Å². The molecular weight excluding hydrogens is 304 g/mol. The second-order valence-corrected chi connectivity index (χ2v) is 5.81. The van der Waals surface area contributed by atoms with Crippen LogP contribution in [0.25, 0.3) is 22.5 Å². The van der Waals surface area contributed by atoms with Gasteiger partial charge in [-0.2, -0.15) is 9.50 Å². The molecular formula is C17H16N6O. The van der Waals surface area contributed by atoms with Gasteiger partial charge in [-0.25, -0.2) is 0 Å². The number of pyridine rings is 1. The van der Waals surface area contributed by atoms with Gasteiger partial charge in [0, 0.05) is 12.6 Å². The molecule has 0 radical (unpaired) electrons. The zero-order chi connectivity index (χ0) is 16.8. The van der Waals surface area contributed by atoms with Crippen molar-refractivity contribution in [2.75, 3.05) is 0 Å². The number of aryl methyl sites for hydroxylation is 3. The van der Waals surface area contributed by atoms with Crippen molar-refractivity contribution in [3.05, 3.63) is 57.8 Å². The van der Waals surface area contributed by atoms with Crippen LogP contribution in [-0.4, -0.2) is 29.4 Å². The SMILES string of the molecule is CCc1nc2nnc3c(=O)n(-c4cc(C)ccc4C)ccc3n2n1. The molecule has 0 spiro atoms. The molecule has 0 unspecified atom stereocenters. The average molecular weight is 320 g/mol. The molecule has 7 heteroatoms. The normalized spacial score (nSPS) is 11.5.